The molecule has 0 saturated carbocycles. The van der Waals surface area contributed by atoms with Crippen LogP contribution in [0.25, 0.3) is 0 Å². The van der Waals surface area contributed by atoms with Crippen molar-refractivity contribution in [1.29, 1.82) is 0 Å². The number of nitrogens with zero attached hydrogens (tertiary/aromatic N) is 1. The second kappa shape index (κ2) is 4.41. The van der Waals surface area contributed by atoms with Crippen molar-refractivity contribution in [3.63, 3.8) is 0 Å². The van der Waals surface area contributed by atoms with Gasteiger partial charge in [0.25, 0.3) is 0 Å². The van der Waals surface area contributed by atoms with Crippen LogP contribution >= 0.6 is 11.3 Å². The van der Waals surface area contributed by atoms with Crippen LogP contribution in [-0.2, 0) is 4.74 Å². The Morgan fingerprint density at radius 1 is 1.57 bits per heavy atom. The Balaban J connectivity index is 2.87. The predicted molar refractivity (Wildman–Crippen MR) is 56.9 cm³/mol. The van der Waals surface area contributed by atoms with Crippen molar-refractivity contribution >= 4 is 22.4 Å². The van der Waals surface area contributed by atoms with Gasteiger partial charge in [-0.2, -0.15) is 0 Å². The zero-order valence-corrected chi connectivity index (χ0v) is 9.57. The first-order valence-electron chi connectivity index (χ1n) is 4.37. The van der Waals surface area contributed by atoms with Crippen LogP contribution in [0.3, 0.4) is 0 Å². The normalized spacial score (nSPS) is 10.4. The Morgan fingerprint density at radius 2 is 2.21 bits per heavy atom. The summed E-state index contributed by atoms with van der Waals surface area (Å²) in [5, 5.41) is 3.91. The first-order valence-corrected chi connectivity index (χ1v) is 5.18. The third kappa shape index (κ3) is 2.45. The number of rotatable bonds is 3. The molecule has 0 fully saturated rings. The van der Waals surface area contributed by atoms with Crippen molar-refractivity contribution in [2.24, 2.45) is 0 Å². The highest BCUT2D eigenvalue weighted by Gasteiger charge is 2.15. The number of carbonyl (C=O) groups excluding carboxylic acids is 1. The van der Waals surface area contributed by atoms with Gasteiger partial charge in [-0.05, 0) is 20.8 Å². The summed E-state index contributed by atoms with van der Waals surface area (Å²) in [5.41, 5.74) is 0.713. The SMILES string of the molecule is COC(=O)c1sc(NC(C)C)nc1C. The molecule has 0 atom stereocenters. The monoisotopic (exact) mass is 214 g/mol. The number of ether oxygens (including phenoxy) is 1. The van der Waals surface area contributed by atoms with E-state index in [9.17, 15) is 4.79 Å². The molecule has 0 saturated heterocycles. The Labute approximate surface area is 87.3 Å². The summed E-state index contributed by atoms with van der Waals surface area (Å²) in [7, 11) is 1.37. The van der Waals surface area contributed by atoms with Crippen LogP contribution < -0.4 is 5.32 Å². The van der Waals surface area contributed by atoms with Crippen molar-refractivity contribution < 1.29 is 9.53 Å². The lowest BCUT2D eigenvalue weighted by atomic mass is 10.4. The summed E-state index contributed by atoms with van der Waals surface area (Å²) >= 11 is 1.32. The molecule has 0 aliphatic carbocycles. The number of aryl methyl sites for hydroxylation is 1. The molecule has 0 radical (unpaired) electrons. The van der Waals surface area contributed by atoms with Gasteiger partial charge in [-0.25, -0.2) is 9.78 Å². The lowest BCUT2D eigenvalue weighted by Gasteiger charge is -2.03. The molecule has 1 aromatic rings. The number of hydrogen-bond acceptors (Lipinski definition) is 5. The van der Waals surface area contributed by atoms with E-state index < -0.39 is 0 Å². The summed E-state index contributed by atoms with van der Waals surface area (Å²) in [5.74, 6) is -0.322. The van der Waals surface area contributed by atoms with Crippen LogP contribution in [0.1, 0.15) is 29.2 Å². The maximum atomic E-state index is 11.3. The van der Waals surface area contributed by atoms with E-state index in [1.54, 1.807) is 6.92 Å². The molecular weight excluding hydrogens is 200 g/mol. The molecule has 0 aliphatic heterocycles. The molecule has 5 heteroatoms. The molecule has 0 unspecified atom stereocenters. The van der Waals surface area contributed by atoms with E-state index in [-0.39, 0.29) is 5.97 Å². The largest absolute Gasteiger partial charge is 0.465 e. The van der Waals surface area contributed by atoms with E-state index in [1.807, 2.05) is 13.8 Å². The number of methoxy groups -OCH3 is 1. The molecule has 1 N–H and O–H groups in total. The minimum Gasteiger partial charge on any atom is -0.465 e. The highest BCUT2D eigenvalue weighted by Crippen LogP contribution is 2.23. The minimum absolute atomic E-state index is 0.311. The lowest BCUT2D eigenvalue weighted by molar-refractivity contribution is 0.0605. The Hall–Kier alpha value is -1.10. The highest BCUT2D eigenvalue weighted by atomic mass is 32.1. The average Bonchev–Trinajstić information content (AvgIpc) is 2.44. The molecule has 0 bridgehead atoms. The van der Waals surface area contributed by atoms with E-state index in [1.165, 1.54) is 18.4 Å². The first kappa shape index (κ1) is 11.0. The Bertz CT molecular complexity index is 334. The zero-order chi connectivity index (χ0) is 10.7. The molecule has 1 rings (SSSR count). The van der Waals surface area contributed by atoms with Gasteiger partial charge in [0.05, 0.1) is 12.8 Å². The highest BCUT2D eigenvalue weighted by molar-refractivity contribution is 7.17. The minimum atomic E-state index is -0.322. The van der Waals surface area contributed by atoms with Gasteiger partial charge in [0.1, 0.15) is 4.88 Å². The van der Waals surface area contributed by atoms with Crippen molar-refractivity contribution in [2.45, 2.75) is 26.8 Å². The summed E-state index contributed by atoms with van der Waals surface area (Å²) in [6.45, 7) is 5.84. The molecule has 1 aromatic heterocycles. The fraction of sp³-hybridized carbons (Fsp3) is 0.556. The summed E-state index contributed by atoms with van der Waals surface area (Å²) in [6.07, 6.45) is 0. The number of carbonyl (C=O) groups is 1. The van der Waals surface area contributed by atoms with Crippen LogP contribution in [0, 0.1) is 6.92 Å². The number of nitrogens with one attached hydrogen (secondary N) is 1. The van der Waals surface area contributed by atoms with E-state index in [4.69, 9.17) is 0 Å². The Kier molecular flexibility index (Phi) is 3.46. The maximum absolute atomic E-state index is 11.3. The molecule has 4 nitrogen and oxygen atoms in total. The second-order valence-electron chi connectivity index (χ2n) is 3.22. The maximum Gasteiger partial charge on any atom is 0.350 e. The third-order valence-corrected chi connectivity index (χ3v) is 2.65. The number of anilines is 1. The van der Waals surface area contributed by atoms with E-state index in [0.717, 1.165) is 5.13 Å². The standard InChI is InChI=1S/C9H14N2O2S/c1-5(2)10-9-11-6(3)7(14-9)8(12)13-4/h5H,1-4H3,(H,10,11). The average molecular weight is 214 g/mol. The van der Waals surface area contributed by atoms with Crippen LogP contribution in [0.4, 0.5) is 5.13 Å². The Morgan fingerprint density at radius 3 is 2.71 bits per heavy atom. The van der Waals surface area contributed by atoms with E-state index in [0.29, 0.717) is 16.6 Å². The summed E-state index contributed by atoms with van der Waals surface area (Å²) in [4.78, 5) is 16.0. The van der Waals surface area contributed by atoms with Crippen molar-refractivity contribution in [3.8, 4) is 0 Å². The molecule has 0 aliphatic rings. The second-order valence-corrected chi connectivity index (χ2v) is 4.22. The van der Waals surface area contributed by atoms with Gasteiger partial charge in [-0.15, -0.1) is 0 Å². The van der Waals surface area contributed by atoms with E-state index >= 15 is 0 Å². The number of hydrogen-bond donors (Lipinski definition) is 1. The first-order chi connectivity index (χ1) is 6.54. The van der Waals surface area contributed by atoms with Gasteiger partial charge in [0.15, 0.2) is 5.13 Å². The fourth-order valence-electron chi connectivity index (χ4n) is 0.987. The fourth-order valence-corrected chi connectivity index (χ4v) is 2.02. The summed E-state index contributed by atoms with van der Waals surface area (Å²) < 4.78 is 4.64. The quantitative estimate of drug-likeness (QED) is 0.782. The van der Waals surface area contributed by atoms with Gasteiger partial charge in [-0.3, -0.25) is 0 Å². The van der Waals surface area contributed by atoms with Crippen LogP contribution in [0.5, 0.6) is 0 Å². The molecule has 1 heterocycles. The summed E-state index contributed by atoms with van der Waals surface area (Å²) in [6, 6.07) is 0.311. The van der Waals surface area contributed by atoms with Crippen molar-refractivity contribution in [3.05, 3.63) is 10.6 Å². The molecular formula is C9H14N2O2S. The molecule has 0 amide bonds. The van der Waals surface area contributed by atoms with Crippen LogP contribution in [0.15, 0.2) is 0 Å². The van der Waals surface area contributed by atoms with Gasteiger partial charge in [0, 0.05) is 6.04 Å². The van der Waals surface area contributed by atoms with Gasteiger partial charge < -0.3 is 10.1 Å². The van der Waals surface area contributed by atoms with Gasteiger partial charge in [-0.1, -0.05) is 11.3 Å². The zero-order valence-electron chi connectivity index (χ0n) is 8.75. The topological polar surface area (TPSA) is 51.2 Å². The third-order valence-electron chi connectivity index (χ3n) is 1.58. The molecule has 78 valence electrons. The van der Waals surface area contributed by atoms with Crippen LogP contribution in [0.2, 0.25) is 0 Å². The van der Waals surface area contributed by atoms with Gasteiger partial charge in [0.2, 0.25) is 0 Å². The number of aromatic nitrogens is 1. The molecule has 14 heavy (non-hydrogen) atoms. The van der Waals surface area contributed by atoms with Gasteiger partial charge >= 0.3 is 5.97 Å². The van der Waals surface area contributed by atoms with E-state index in [2.05, 4.69) is 15.0 Å². The number of esters is 1. The molecule has 0 aromatic carbocycles. The van der Waals surface area contributed by atoms with Crippen LogP contribution in [-0.4, -0.2) is 24.1 Å². The smallest absolute Gasteiger partial charge is 0.350 e. The van der Waals surface area contributed by atoms with Crippen molar-refractivity contribution in [1.82, 2.24) is 4.98 Å². The number of thiazole rings is 1. The lowest BCUT2D eigenvalue weighted by Crippen LogP contribution is -2.08. The molecule has 0 spiro atoms. The van der Waals surface area contributed by atoms with Crippen molar-refractivity contribution in [2.75, 3.05) is 12.4 Å². The predicted octanol–water partition coefficient (Wildman–Crippen LogP) is 2.06.